The number of halogens is 4. The molecule has 1 aromatic carbocycles. The Balaban J connectivity index is 1.10. The number of alkyl halides is 2. The fraction of sp³-hybridized carbons (Fsp3) is 0.607. The number of benzene rings is 1. The zero-order valence-electron chi connectivity index (χ0n) is 23.5. The number of imidazole rings is 1. The van der Waals surface area contributed by atoms with Gasteiger partial charge in [0.25, 0.3) is 0 Å². The Morgan fingerprint density at radius 1 is 1.10 bits per heavy atom. The molecule has 41 heavy (non-hydrogen) atoms. The minimum atomic E-state index is -2.82. The summed E-state index contributed by atoms with van der Waals surface area (Å²) in [6.45, 7) is 9.14. The molecular formula is C28H36F4N8O. The predicted octanol–water partition coefficient (Wildman–Crippen LogP) is 4.53. The smallest absolute Gasteiger partial charge is 0.249 e. The number of hydrogen-bond acceptors (Lipinski definition) is 8. The highest BCUT2D eigenvalue weighted by molar-refractivity contribution is 5.71. The Kier molecular flexibility index (Phi) is 7.64. The number of nitrogens with one attached hydrogen (secondary N) is 2. The second kappa shape index (κ2) is 11.1. The van der Waals surface area contributed by atoms with E-state index in [9.17, 15) is 17.6 Å². The number of hydrazine groups is 2. The zero-order valence-corrected chi connectivity index (χ0v) is 23.5. The number of aryl methyl sites for hydroxylation is 1. The van der Waals surface area contributed by atoms with E-state index in [2.05, 4.69) is 37.3 Å². The number of nitrogens with zero attached hydrogens (tertiary/aromatic N) is 6. The maximum atomic E-state index is 14.8. The Bertz CT molecular complexity index is 1400. The molecule has 6 rings (SSSR count). The van der Waals surface area contributed by atoms with Crippen LogP contribution in [-0.4, -0.2) is 73.2 Å². The van der Waals surface area contributed by atoms with Crippen LogP contribution in [0, 0.1) is 18.6 Å². The summed E-state index contributed by atoms with van der Waals surface area (Å²) in [4.78, 5) is 15.9. The summed E-state index contributed by atoms with van der Waals surface area (Å²) in [5.74, 6) is -4.20. The summed E-state index contributed by atoms with van der Waals surface area (Å²) in [5, 5.41) is 2.04. The van der Waals surface area contributed by atoms with E-state index in [4.69, 9.17) is 9.72 Å². The molecule has 13 heteroatoms. The van der Waals surface area contributed by atoms with E-state index in [0.29, 0.717) is 37.7 Å². The lowest BCUT2D eigenvalue weighted by atomic mass is 9.74. The molecule has 3 fully saturated rings. The topological polar surface area (TPSA) is 83.4 Å². The van der Waals surface area contributed by atoms with Crippen LogP contribution in [-0.2, 0) is 17.8 Å². The maximum absolute atomic E-state index is 14.8. The Hall–Kier alpha value is -2.87. The van der Waals surface area contributed by atoms with Crippen LogP contribution in [0.2, 0.25) is 0 Å². The molecule has 0 spiro atoms. The molecule has 0 amide bonds. The van der Waals surface area contributed by atoms with Crippen molar-refractivity contribution < 1.29 is 22.3 Å². The van der Waals surface area contributed by atoms with Crippen LogP contribution in [0.1, 0.15) is 62.4 Å². The normalized spacial score (nSPS) is 25.6. The van der Waals surface area contributed by atoms with Gasteiger partial charge in [0, 0.05) is 51.2 Å². The largest absolute Gasteiger partial charge is 0.376 e. The van der Waals surface area contributed by atoms with Crippen molar-refractivity contribution in [3.05, 3.63) is 46.9 Å². The molecule has 4 heterocycles. The van der Waals surface area contributed by atoms with E-state index in [1.54, 1.807) is 6.20 Å². The van der Waals surface area contributed by atoms with Gasteiger partial charge in [0.1, 0.15) is 11.3 Å². The molecule has 3 aliphatic rings. The van der Waals surface area contributed by atoms with Crippen molar-refractivity contribution in [2.45, 2.75) is 89.6 Å². The van der Waals surface area contributed by atoms with Crippen LogP contribution in [0.4, 0.5) is 23.5 Å². The van der Waals surface area contributed by atoms with Gasteiger partial charge in [-0.2, -0.15) is 10.5 Å². The van der Waals surface area contributed by atoms with Crippen molar-refractivity contribution in [3.63, 3.8) is 0 Å². The lowest BCUT2D eigenvalue weighted by Gasteiger charge is -2.44. The standard InChI is InChI=1S/C28H36F4N8O/c1-16-13-40(37-36-27-33-11-23-26(35-27)39(18(3)34-23)15-21-5-4-8-41-21)17(2)12-38(16)14-19-6-7-22(29)25(30)24(19)20-9-28(31,32)10-20/h6-7,11,16-17,20-21,37H,4-5,8-10,12-15H2,1-3H3,(H,33,35,36)/t16-,17+,21+/m1/s1. The molecule has 9 nitrogen and oxygen atoms in total. The van der Waals surface area contributed by atoms with Gasteiger partial charge in [-0.3, -0.25) is 10.3 Å². The summed E-state index contributed by atoms with van der Waals surface area (Å²) in [7, 11) is 0. The van der Waals surface area contributed by atoms with Crippen LogP contribution in [0.5, 0.6) is 0 Å². The van der Waals surface area contributed by atoms with E-state index in [-0.39, 0.29) is 23.8 Å². The molecule has 3 atom stereocenters. The van der Waals surface area contributed by atoms with Crippen LogP contribution in [0.15, 0.2) is 18.3 Å². The highest BCUT2D eigenvalue weighted by Crippen LogP contribution is 2.50. The molecule has 1 aliphatic carbocycles. The second-order valence-corrected chi connectivity index (χ2v) is 11.7. The highest BCUT2D eigenvalue weighted by Gasteiger charge is 2.48. The second-order valence-electron chi connectivity index (χ2n) is 11.7. The molecule has 222 valence electrons. The first-order valence-electron chi connectivity index (χ1n) is 14.3. The third-order valence-electron chi connectivity index (χ3n) is 8.61. The zero-order chi connectivity index (χ0) is 28.9. The minimum Gasteiger partial charge on any atom is -0.376 e. The van der Waals surface area contributed by atoms with Crippen molar-refractivity contribution in [2.24, 2.45) is 0 Å². The number of piperazine rings is 1. The molecule has 0 bridgehead atoms. The molecule has 0 unspecified atom stereocenters. The van der Waals surface area contributed by atoms with Gasteiger partial charge in [0.05, 0.1) is 18.8 Å². The number of fused-ring (bicyclic) bond motifs is 1. The molecule has 1 saturated carbocycles. The Morgan fingerprint density at radius 3 is 2.63 bits per heavy atom. The summed E-state index contributed by atoms with van der Waals surface area (Å²) in [5.41, 5.74) is 8.47. The fourth-order valence-corrected chi connectivity index (χ4v) is 6.27. The van der Waals surface area contributed by atoms with Crippen LogP contribution < -0.4 is 11.0 Å². The molecule has 0 radical (unpaired) electrons. The van der Waals surface area contributed by atoms with E-state index in [1.807, 2.05) is 18.9 Å². The van der Waals surface area contributed by atoms with Crippen molar-refractivity contribution in [2.75, 3.05) is 25.1 Å². The van der Waals surface area contributed by atoms with E-state index >= 15 is 0 Å². The number of aromatic nitrogens is 4. The SMILES string of the molecule is Cc1nc2cnc(NNN3C[C@@H](C)N(Cc4ccc(F)c(F)c4C4CC(F)(F)C4)C[C@@H]3C)nc2n1C[C@@H]1CCCO1. The van der Waals surface area contributed by atoms with Gasteiger partial charge in [-0.25, -0.2) is 32.5 Å². The van der Waals surface area contributed by atoms with Crippen LogP contribution in [0.25, 0.3) is 11.2 Å². The van der Waals surface area contributed by atoms with Crippen LogP contribution in [0.3, 0.4) is 0 Å². The fourth-order valence-electron chi connectivity index (χ4n) is 6.27. The highest BCUT2D eigenvalue weighted by atomic mass is 19.3. The molecule has 2 saturated heterocycles. The van der Waals surface area contributed by atoms with Gasteiger partial charge in [-0.05, 0) is 56.7 Å². The summed E-state index contributed by atoms with van der Waals surface area (Å²) < 4.78 is 63.8. The van der Waals surface area contributed by atoms with E-state index in [0.717, 1.165) is 42.5 Å². The number of hydrogen-bond donors (Lipinski definition) is 2. The lowest BCUT2D eigenvalue weighted by Crippen LogP contribution is -2.61. The summed E-state index contributed by atoms with van der Waals surface area (Å²) in [6.07, 6.45) is 3.05. The number of rotatable bonds is 8. The predicted molar refractivity (Wildman–Crippen MR) is 145 cm³/mol. The molecular weight excluding hydrogens is 540 g/mol. The molecule has 2 aromatic heterocycles. The molecule has 2 N–H and O–H groups in total. The van der Waals surface area contributed by atoms with Gasteiger partial charge in [-0.15, -0.1) is 0 Å². The van der Waals surface area contributed by atoms with Crippen molar-refractivity contribution in [1.82, 2.24) is 35.0 Å². The monoisotopic (exact) mass is 576 g/mol. The third kappa shape index (κ3) is 5.77. The van der Waals surface area contributed by atoms with Gasteiger partial charge in [-0.1, -0.05) is 6.07 Å². The van der Waals surface area contributed by atoms with E-state index < -0.39 is 36.3 Å². The van der Waals surface area contributed by atoms with Crippen LogP contribution >= 0.6 is 0 Å². The molecule has 2 aliphatic heterocycles. The average molecular weight is 577 g/mol. The summed E-state index contributed by atoms with van der Waals surface area (Å²) >= 11 is 0. The Labute approximate surface area is 236 Å². The first-order valence-corrected chi connectivity index (χ1v) is 14.3. The van der Waals surface area contributed by atoms with Crippen molar-refractivity contribution >= 4 is 17.1 Å². The van der Waals surface area contributed by atoms with Gasteiger partial charge in [0.2, 0.25) is 11.9 Å². The van der Waals surface area contributed by atoms with Gasteiger partial charge < -0.3 is 9.30 Å². The van der Waals surface area contributed by atoms with Crippen molar-refractivity contribution in [3.8, 4) is 0 Å². The Morgan fingerprint density at radius 2 is 1.90 bits per heavy atom. The van der Waals surface area contributed by atoms with E-state index in [1.165, 1.54) is 6.07 Å². The number of anilines is 1. The first-order chi connectivity index (χ1) is 19.6. The minimum absolute atomic E-state index is 0.0384. The quantitative estimate of drug-likeness (QED) is 0.299. The average Bonchev–Trinajstić information content (AvgIpc) is 3.54. The van der Waals surface area contributed by atoms with Gasteiger partial charge >= 0.3 is 0 Å². The molecule has 3 aromatic rings. The third-order valence-corrected chi connectivity index (χ3v) is 8.61. The first kappa shape index (κ1) is 28.3. The van der Waals surface area contributed by atoms with Crippen molar-refractivity contribution in [1.29, 1.82) is 0 Å². The lowest BCUT2D eigenvalue weighted by molar-refractivity contribution is -0.0877. The number of ether oxygens (including phenoxy) is 1. The summed E-state index contributed by atoms with van der Waals surface area (Å²) in [6, 6.07) is 2.71. The maximum Gasteiger partial charge on any atom is 0.249 e. The van der Waals surface area contributed by atoms with Gasteiger partial charge in [0.15, 0.2) is 17.3 Å².